The topological polar surface area (TPSA) is 47.6 Å². The minimum Gasteiger partial charge on any atom is -0.336 e. The van der Waals surface area contributed by atoms with E-state index in [1.807, 2.05) is 6.07 Å². The quantitative estimate of drug-likeness (QED) is 0.858. The number of nitrogens with zero attached hydrogens (tertiary/aromatic N) is 2. The maximum atomic E-state index is 12.4. The van der Waals surface area contributed by atoms with Gasteiger partial charge in [0.25, 0.3) is 0 Å². The molecule has 4 heterocycles. The van der Waals surface area contributed by atoms with E-state index in [-0.39, 0.29) is 24.0 Å². The average molecular weight is 332 g/mol. The van der Waals surface area contributed by atoms with Crippen LogP contribution < -0.4 is 10.6 Å². The number of fused-ring (bicyclic) bond motifs is 1. The molecule has 2 unspecified atom stereocenters. The van der Waals surface area contributed by atoms with E-state index in [0.717, 1.165) is 39.3 Å². The molecular weight excluding hydrogens is 307 g/mol. The number of benzene rings is 1. The van der Waals surface area contributed by atoms with E-state index in [9.17, 15) is 9.18 Å². The van der Waals surface area contributed by atoms with Gasteiger partial charge in [0.1, 0.15) is 6.67 Å². The fraction of sp³-hybridized carbons (Fsp3) is 0.611. The first-order valence-corrected chi connectivity index (χ1v) is 8.82. The maximum absolute atomic E-state index is 12.4. The second-order valence-electron chi connectivity index (χ2n) is 7.32. The van der Waals surface area contributed by atoms with Crippen LogP contribution in [0.5, 0.6) is 0 Å². The van der Waals surface area contributed by atoms with Gasteiger partial charge in [0, 0.05) is 63.2 Å². The predicted octanol–water partition coefficient (Wildman–Crippen LogP) is 0.823. The van der Waals surface area contributed by atoms with Crippen LogP contribution in [0.4, 0.5) is 9.18 Å². The summed E-state index contributed by atoms with van der Waals surface area (Å²) in [6, 6.07) is 10.4. The van der Waals surface area contributed by atoms with Crippen LogP contribution in [-0.4, -0.2) is 74.4 Å². The largest absolute Gasteiger partial charge is 0.336 e. The second kappa shape index (κ2) is 6.33. The molecular formula is C18H25FN4O. The molecule has 1 aromatic rings. The predicted molar refractivity (Wildman–Crippen MR) is 90.8 cm³/mol. The number of hydrogen-bond donors (Lipinski definition) is 2. The van der Waals surface area contributed by atoms with Gasteiger partial charge in [-0.25, -0.2) is 9.18 Å². The van der Waals surface area contributed by atoms with Crippen molar-refractivity contribution < 1.29 is 9.18 Å². The minimum atomic E-state index is -0.535. The van der Waals surface area contributed by atoms with Gasteiger partial charge in [-0.2, -0.15) is 0 Å². The van der Waals surface area contributed by atoms with Gasteiger partial charge in [0.15, 0.2) is 0 Å². The van der Waals surface area contributed by atoms with Crippen molar-refractivity contribution in [2.24, 2.45) is 5.92 Å². The van der Waals surface area contributed by atoms with Crippen molar-refractivity contribution in [1.82, 2.24) is 20.4 Å². The molecule has 0 aromatic heterocycles. The third-order valence-corrected chi connectivity index (χ3v) is 5.81. The van der Waals surface area contributed by atoms with Gasteiger partial charge in [0.2, 0.25) is 0 Å². The lowest BCUT2D eigenvalue weighted by molar-refractivity contribution is 0.0230. The summed E-state index contributed by atoms with van der Waals surface area (Å²) in [5, 5.41) is 5.82. The second-order valence-corrected chi connectivity index (χ2v) is 7.32. The molecule has 3 atom stereocenters. The molecule has 6 heteroatoms. The van der Waals surface area contributed by atoms with Gasteiger partial charge >= 0.3 is 6.03 Å². The zero-order valence-corrected chi connectivity index (χ0v) is 13.9. The summed E-state index contributed by atoms with van der Waals surface area (Å²) in [5.74, 6) is 0.409. The Morgan fingerprint density at radius 1 is 1.17 bits per heavy atom. The Bertz CT molecular complexity index is 580. The van der Waals surface area contributed by atoms with Gasteiger partial charge in [0.05, 0.1) is 0 Å². The van der Waals surface area contributed by atoms with E-state index < -0.39 is 6.67 Å². The van der Waals surface area contributed by atoms with E-state index in [1.54, 1.807) is 0 Å². The number of amides is 2. The minimum absolute atomic E-state index is 0.0693. The number of halogens is 1. The van der Waals surface area contributed by atoms with Crippen LogP contribution in [0.15, 0.2) is 30.3 Å². The van der Waals surface area contributed by atoms with Crippen molar-refractivity contribution in [3.05, 3.63) is 35.9 Å². The molecule has 0 radical (unpaired) electrons. The Kier molecular flexibility index (Phi) is 4.18. The smallest absolute Gasteiger partial charge is 0.315 e. The highest BCUT2D eigenvalue weighted by Crippen LogP contribution is 2.43. The van der Waals surface area contributed by atoms with Crippen LogP contribution >= 0.6 is 0 Å². The summed E-state index contributed by atoms with van der Waals surface area (Å²) < 4.78 is 12.4. The van der Waals surface area contributed by atoms with Crippen LogP contribution in [0.1, 0.15) is 5.56 Å². The lowest BCUT2D eigenvalue weighted by atomic mass is 9.64. The Morgan fingerprint density at radius 2 is 1.83 bits per heavy atom. The molecule has 2 N–H and O–H groups in total. The molecule has 4 bridgehead atoms. The normalized spacial score (nSPS) is 37.0. The molecule has 5 rings (SSSR count). The number of carbonyl (C=O) groups is 1. The lowest BCUT2D eigenvalue weighted by Crippen LogP contribution is -2.71. The number of alkyl halides is 1. The van der Waals surface area contributed by atoms with Crippen LogP contribution in [0.25, 0.3) is 0 Å². The zero-order chi connectivity index (χ0) is 16.6. The number of nitrogens with one attached hydrogen (secondary N) is 2. The van der Waals surface area contributed by atoms with Crippen molar-refractivity contribution in [3.8, 4) is 0 Å². The fourth-order valence-electron chi connectivity index (χ4n) is 4.92. The fourth-order valence-corrected chi connectivity index (χ4v) is 4.92. The summed E-state index contributed by atoms with van der Waals surface area (Å²) in [7, 11) is 0. The Hall–Kier alpha value is -1.66. The van der Waals surface area contributed by atoms with Gasteiger partial charge < -0.3 is 20.4 Å². The van der Waals surface area contributed by atoms with Crippen LogP contribution in [-0.2, 0) is 5.41 Å². The van der Waals surface area contributed by atoms with Gasteiger partial charge in [-0.05, 0) is 5.56 Å². The van der Waals surface area contributed by atoms with Crippen molar-refractivity contribution in [3.63, 3.8) is 0 Å². The molecule has 4 saturated heterocycles. The molecule has 4 aliphatic heterocycles. The monoisotopic (exact) mass is 332 g/mol. The Morgan fingerprint density at radius 3 is 2.46 bits per heavy atom. The molecule has 4 aliphatic rings. The number of carbonyl (C=O) groups excluding carboxylic acids is 1. The van der Waals surface area contributed by atoms with Gasteiger partial charge in [-0.15, -0.1) is 0 Å². The first-order valence-electron chi connectivity index (χ1n) is 8.82. The van der Waals surface area contributed by atoms with E-state index >= 15 is 0 Å². The summed E-state index contributed by atoms with van der Waals surface area (Å²) in [6.45, 7) is 5.73. The van der Waals surface area contributed by atoms with E-state index in [4.69, 9.17) is 0 Å². The number of rotatable bonds is 4. The Balaban J connectivity index is 1.67. The molecule has 130 valence electrons. The van der Waals surface area contributed by atoms with E-state index in [2.05, 4.69) is 44.7 Å². The average Bonchev–Trinajstić information content (AvgIpc) is 2.85. The summed E-state index contributed by atoms with van der Waals surface area (Å²) >= 11 is 0. The van der Waals surface area contributed by atoms with Crippen molar-refractivity contribution >= 4 is 6.03 Å². The summed E-state index contributed by atoms with van der Waals surface area (Å²) in [4.78, 5) is 17.3. The van der Waals surface area contributed by atoms with Crippen molar-refractivity contribution in [1.29, 1.82) is 0 Å². The van der Waals surface area contributed by atoms with Crippen LogP contribution in [0.2, 0.25) is 0 Å². The van der Waals surface area contributed by atoms with Gasteiger partial charge in [-0.1, -0.05) is 30.3 Å². The highest BCUT2D eigenvalue weighted by molar-refractivity contribution is 5.74. The number of piperidine rings is 2. The van der Waals surface area contributed by atoms with Gasteiger partial charge in [-0.3, -0.25) is 0 Å². The molecule has 0 spiro atoms. The van der Waals surface area contributed by atoms with E-state index in [0.29, 0.717) is 5.92 Å². The molecule has 0 aliphatic carbocycles. The van der Waals surface area contributed by atoms with Crippen LogP contribution in [0.3, 0.4) is 0 Å². The first-order chi connectivity index (χ1) is 11.7. The van der Waals surface area contributed by atoms with Crippen molar-refractivity contribution in [2.75, 3.05) is 52.5 Å². The molecule has 1 aromatic carbocycles. The molecule has 2 amide bonds. The molecule has 24 heavy (non-hydrogen) atoms. The van der Waals surface area contributed by atoms with Crippen LogP contribution in [0, 0.1) is 5.92 Å². The number of hydrogen-bond acceptors (Lipinski definition) is 3. The highest BCUT2D eigenvalue weighted by Gasteiger charge is 2.55. The first kappa shape index (κ1) is 15.8. The summed E-state index contributed by atoms with van der Waals surface area (Å²) in [5.41, 5.74) is 1.20. The molecule has 5 nitrogen and oxygen atoms in total. The highest BCUT2D eigenvalue weighted by atomic mass is 19.1. The standard InChI is InChI=1S/C18H25FN4O/c19-6-7-20-17(24)21-16-14-10-22-8-9-23(11-14)13-18(16,12-22)15-4-2-1-3-5-15/h1-5,14,16H,6-13H2,(H2,20,21,24)/t14?,16-,18?/m1/s1. The lowest BCUT2D eigenvalue weighted by Gasteiger charge is -2.55. The maximum Gasteiger partial charge on any atom is 0.315 e. The molecule has 0 saturated carbocycles. The third-order valence-electron chi connectivity index (χ3n) is 5.81. The third kappa shape index (κ3) is 2.67. The van der Waals surface area contributed by atoms with E-state index in [1.165, 1.54) is 5.56 Å². The van der Waals surface area contributed by atoms with Crippen molar-refractivity contribution in [2.45, 2.75) is 11.5 Å². The number of urea groups is 1. The SMILES string of the molecule is O=C(NCCF)N[C@@H]1C2CN3CCN(C2)CC1(c1ccccc1)C3. The Labute approximate surface area is 142 Å². The summed E-state index contributed by atoms with van der Waals surface area (Å²) in [6.07, 6.45) is 0. The zero-order valence-electron chi connectivity index (χ0n) is 13.9. The molecule has 4 fully saturated rings.